The predicted octanol–water partition coefficient (Wildman–Crippen LogP) is 3.22. The first-order valence-electron chi connectivity index (χ1n) is 5.93. The normalized spacial score (nSPS) is 13.2. The van der Waals surface area contributed by atoms with E-state index in [4.69, 9.17) is 5.73 Å². The first-order chi connectivity index (χ1) is 9.29. The molecule has 2 rings (SSSR count). The number of amides is 1. The fourth-order valence-electron chi connectivity index (χ4n) is 1.92. The highest BCUT2D eigenvalue weighted by Crippen LogP contribution is 2.30. The maximum atomic E-state index is 12.5. The molecule has 106 valence electrons. The van der Waals surface area contributed by atoms with Gasteiger partial charge in [0.2, 0.25) is 5.91 Å². The fraction of sp³-hybridized carbons (Fsp3) is 0.214. The average Bonchev–Trinajstić information content (AvgIpc) is 2.86. The van der Waals surface area contributed by atoms with Crippen LogP contribution < -0.4 is 5.73 Å². The second kappa shape index (κ2) is 5.03. The summed E-state index contributed by atoms with van der Waals surface area (Å²) in [6.45, 7) is 1.83. The van der Waals surface area contributed by atoms with E-state index in [1.54, 1.807) is 23.0 Å². The van der Waals surface area contributed by atoms with Gasteiger partial charge in [-0.2, -0.15) is 13.2 Å². The summed E-state index contributed by atoms with van der Waals surface area (Å²) in [5.74, 6) is -0.539. The van der Waals surface area contributed by atoms with Gasteiger partial charge in [-0.3, -0.25) is 4.79 Å². The van der Waals surface area contributed by atoms with Crippen LogP contribution in [0.2, 0.25) is 0 Å². The maximum Gasteiger partial charge on any atom is 0.416 e. The van der Waals surface area contributed by atoms with Crippen LogP contribution >= 0.6 is 0 Å². The summed E-state index contributed by atoms with van der Waals surface area (Å²) in [6.07, 6.45) is -1.10. The molecule has 1 atom stereocenters. The van der Waals surface area contributed by atoms with Gasteiger partial charge in [-0.1, -0.05) is 12.1 Å². The number of alkyl halides is 3. The molecular weight excluding hydrogens is 269 g/mol. The number of nitrogens with two attached hydrogens (primary N) is 1. The van der Waals surface area contributed by atoms with Crippen molar-refractivity contribution in [1.29, 1.82) is 0 Å². The molecule has 2 aromatic rings. The maximum absolute atomic E-state index is 12.5. The van der Waals surface area contributed by atoms with Crippen molar-refractivity contribution in [3.63, 3.8) is 0 Å². The number of hydrogen-bond acceptors (Lipinski definition) is 1. The zero-order valence-electron chi connectivity index (χ0n) is 10.7. The highest BCUT2D eigenvalue weighted by Gasteiger charge is 2.30. The average molecular weight is 282 g/mol. The molecule has 0 aliphatic heterocycles. The molecule has 0 aliphatic carbocycles. The van der Waals surface area contributed by atoms with Crippen molar-refractivity contribution in [2.24, 2.45) is 5.73 Å². The lowest BCUT2D eigenvalue weighted by atomic mass is 10.1. The summed E-state index contributed by atoms with van der Waals surface area (Å²) < 4.78 is 39.2. The van der Waals surface area contributed by atoms with E-state index < -0.39 is 17.6 Å². The summed E-state index contributed by atoms with van der Waals surface area (Å²) >= 11 is 0. The third-order valence-corrected chi connectivity index (χ3v) is 3.17. The second-order valence-corrected chi connectivity index (χ2v) is 4.51. The van der Waals surface area contributed by atoms with Crippen molar-refractivity contribution in [3.05, 3.63) is 59.4 Å². The van der Waals surface area contributed by atoms with Crippen LogP contribution in [0.15, 0.2) is 42.7 Å². The molecule has 0 radical (unpaired) electrons. The topological polar surface area (TPSA) is 48.0 Å². The molecule has 0 saturated carbocycles. The van der Waals surface area contributed by atoms with Gasteiger partial charge in [0.05, 0.1) is 17.2 Å². The molecule has 0 aliphatic rings. The Bertz CT molecular complexity index is 614. The highest BCUT2D eigenvalue weighted by atomic mass is 19.4. The lowest BCUT2D eigenvalue weighted by molar-refractivity contribution is -0.137. The van der Waals surface area contributed by atoms with Crippen molar-refractivity contribution in [3.8, 4) is 0 Å². The van der Waals surface area contributed by atoms with Crippen molar-refractivity contribution < 1.29 is 18.0 Å². The zero-order chi connectivity index (χ0) is 14.9. The number of aromatic nitrogens is 1. The second-order valence-electron chi connectivity index (χ2n) is 4.51. The van der Waals surface area contributed by atoms with Gasteiger partial charge < -0.3 is 10.3 Å². The van der Waals surface area contributed by atoms with Crippen LogP contribution in [0.25, 0.3) is 0 Å². The van der Waals surface area contributed by atoms with E-state index in [0.717, 1.165) is 12.1 Å². The molecule has 1 heterocycles. The summed E-state index contributed by atoms with van der Waals surface area (Å²) in [7, 11) is 0. The number of nitrogens with zero attached hydrogens (tertiary/aromatic N) is 1. The summed E-state index contributed by atoms with van der Waals surface area (Å²) in [4.78, 5) is 11.0. The zero-order valence-corrected chi connectivity index (χ0v) is 10.7. The molecule has 20 heavy (non-hydrogen) atoms. The minimum Gasteiger partial charge on any atom is -0.366 e. The van der Waals surface area contributed by atoms with Gasteiger partial charge in [0.25, 0.3) is 0 Å². The van der Waals surface area contributed by atoms with E-state index in [9.17, 15) is 18.0 Å². The van der Waals surface area contributed by atoms with Crippen molar-refractivity contribution in [2.45, 2.75) is 19.1 Å². The molecule has 1 amide bonds. The molecule has 1 unspecified atom stereocenters. The lowest BCUT2D eigenvalue weighted by Crippen LogP contribution is -2.10. The van der Waals surface area contributed by atoms with E-state index >= 15 is 0 Å². The monoisotopic (exact) mass is 282 g/mol. The lowest BCUT2D eigenvalue weighted by Gasteiger charge is -2.15. The number of primary amides is 1. The van der Waals surface area contributed by atoms with E-state index in [1.165, 1.54) is 12.1 Å². The Kier molecular flexibility index (Phi) is 3.57. The summed E-state index contributed by atoms with van der Waals surface area (Å²) in [5, 5.41) is 0. The van der Waals surface area contributed by atoms with E-state index in [2.05, 4.69) is 0 Å². The Balaban J connectivity index is 2.24. The summed E-state index contributed by atoms with van der Waals surface area (Å²) in [6, 6.07) is 6.33. The molecule has 0 saturated heterocycles. The molecular formula is C14H13F3N2O. The molecule has 0 spiro atoms. The summed E-state index contributed by atoms with van der Waals surface area (Å²) in [5.41, 5.74) is 5.55. The molecule has 6 heteroatoms. The molecule has 1 aromatic heterocycles. The van der Waals surface area contributed by atoms with Crippen LogP contribution in [-0.4, -0.2) is 10.5 Å². The van der Waals surface area contributed by atoms with Crippen LogP contribution in [0, 0.1) is 0 Å². The minimum absolute atomic E-state index is 0.189. The van der Waals surface area contributed by atoms with Crippen LogP contribution in [0.4, 0.5) is 13.2 Å². The van der Waals surface area contributed by atoms with Gasteiger partial charge in [0, 0.05) is 12.4 Å². The van der Waals surface area contributed by atoms with Crippen LogP contribution in [0.3, 0.4) is 0 Å². The fourth-order valence-corrected chi connectivity index (χ4v) is 1.92. The Morgan fingerprint density at radius 1 is 1.20 bits per heavy atom. The third-order valence-electron chi connectivity index (χ3n) is 3.17. The van der Waals surface area contributed by atoms with Crippen LogP contribution in [0.5, 0.6) is 0 Å². The SMILES string of the molecule is CC(c1ccc(C(F)(F)F)cc1)n1ccc(C(N)=O)c1. The number of benzene rings is 1. The Labute approximate surface area is 113 Å². The largest absolute Gasteiger partial charge is 0.416 e. The van der Waals surface area contributed by atoms with Crippen LogP contribution in [0.1, 0.15) is 34.5 Å². The number of hydrogen-bond donors (Lipinski definition) is 1. The molecule has 2 N–H and O–H groups in total. The molecule has 1 aromatic carbocycles. The highest BCUT2D eigenvalue weighted by molar-refractivity contribution is 5.92. The number of halogens is 3. The molecule has 3 nitrogen and oxygen atoms in total. The Morgan fingerprint density at radius 3 is 2.25 bits per heavy atom. The Hall–Kier alpha value is -2.24. The standard InChI is InChI=1S/C14H13F3N2O/c1-9(19-7-6-11(8-19)13(18)20)10-2-4-12(5-3-10)14(15,16)17/h2-9H,1H3,(H2,18,20). The molecule has 0 fully saturated rings. The minimum atomic E-state index is -4.34. The Morgan fingerprint density at radius 2 is 1.80 bits per heavy atom. The van der Waals surface area contributed by atoms with Gasteiger partial charge in [0.15, 0.2) is 0 Å². The first kappa shape index (κ1) is 14.2. The van der Waals surface area contributed by atoms with Gasteiger partial charge in [-0.15, -0.1) is 0 Å². The smallest absolute Gasteiger partial charge is 0.366 e. The number of carbonyl (C=O) groups is 1. The van der Waals surface area contributed by atoms with Crippen molar-refractivity contribution >= 4 is 5.91 Å². The van der Waals surface area contributed by atoms with Crippen molar-refractivity contribution in [1.82, 2.24) is 4.57 Å². The van der Waals surface area contributed by atoms with Crippen LogP contribution in [-0.2, 0) is 6.18 Å². The van der Waals surface area contributed by atoms with E-state index in [0.29, 0.717) is 11.1 Å². The van der Waals surface area contributed by atoms with Gasteiger partial charge in [0.1, 0.15) is 0 Å². The first-order valence-corrected chi connectivity index (χ1v) is 5.93. The van der Waals surface area contributed by atoms with Gasteiger partial charge in [-0.25, -0.2) is 0 Å². The van der Waals surface area contributed by atoms with E-state index in [1.807, 2.05) is 6.92 Å². The number of carbonyl (C=O) groups excluding carboxylic acids is 1. The van der Waals surface area contributed by atoms with E-state index in [-0.39, 0.29) is 6.04 Å². The molecule has 0 bridgehead atoms. The van der Waals surface area contributed by atoms with Gasteiger partial charge >= 0.3 is 6.18 Å². The number of rotatable bonds is 3. The van der Waals surface area contributed by atoms with Crippen molar-refractivity contribution in [2.75, 3.05) is 0 Å². The predicted molar refractivity (Wildman–Crippen MR) is 68.2 cm³/mol. The van der Waals surface area contributed by atoms with Gasteiger partial charge in [-0.05, 0) is 30.7 Å². The quantitative estimate of drug-likeness (QED) is 0.923. The third kappa shape index (κ3) is 2.84.